The third-order valence-corrected chi connectivity index (χ3v) is 5.52. The topological polar surface area (TPSA) is 67.4 Å². The van der Waals surface area contributed by atoms with Crippen LogP contribution in [0.15, 0.2) is 48.8 Å². The van der Waals surface area contributed by atoms with Crippen molar-refractivity contribution < 1.29 is 22.7 Å². The molecule has 0 unspecified atom stereocenters. The van der Waals surface area contributed by atoms with E-state index in [-0.39, 0.29) is 5.56 Å². The van der Waals surface area contributed by atoms with Gasteiger partial charge in [-0.2, -0.15) is 13.2 Å². The van der Waals surface area contributed by atoms with Crippen LogP contribution in [0.5, 0.6) is 0 Å². The summed E-state index contributed by atoms with van der Waals surface area (Å²) >= 11 is 0. The van der Waals surface area contributed by atoms with Crippen molar-refractivity contribution in [2.75, 3.05) is 36.5 Å². The number of pyridine rings is 2. The second-order valence-electron chi connectivity index (χ2n) is 7.82. The van der Waals surface area contributed by atoms with Crippen LogP contribution in [-0.4, -0.2) is 42.2 Å². The minimum Gasteiger partial charge on any atom is -0.378 e. The molecule has 1 aromatic carbocycles. The van der Waals surface area contributed by atoms with E-state index in [2.05, 4.69) is 20.2 Å². The van der Waals surface area contributed by atoms with Gasteiger partial charge < -0.3 is 15.0 Å². The quantitative estimate of drug-likeness (QED) is 0.607. The number of aromatic nitrogens is 2. The molecule has 6 nitrogen and oxygen atoms in total. The van der Waals surface area contributed by atoms with Gasteiger partial charge in [0, 0.05) is 41.7 Å². The van der Waals surface area contributed by atoms with Crippen LogP contribution in [0.1, 0.15) is 27.3 Å². The van der Waals surface area contributed by atoms with Gasteiger partial charge in [-0.05, 0) is 44.2 Å². The van der Waals surface area contributed by atoms with Crippen LogP contribution in [0, 0.1) is 13.8 Å². The molecule has 1 aliphatic heterocycles. The number of amides is 1. The van der Waals surface area contributed by atoms with Crippen molar-refractivity contribution >= 4 is 17.3 Å². The van der Waals surface area contributed by atoms with Gasteiger partial charge in [0.05, 0.1) is 42.0 Å². The fourth-order valence-corrected chi connectivity index (χ4v) is 3.73. The van der Waals surface area contributed by atoms with Crippen LogP contribution in [0.25, 0.3) is 11.1 Å². The summed E-state index contributed by atoms with van der Waals surface area (Å²) in [4.78, 5) is 23.7. The monoisotopic (exact) mass is 456 g/mol. The van der Waals surface area contributed by atoms with E-state index in [9.17, 15) is 18.0 Å². The number of carbonyl (C=O) groups is 1. The molecule has 1 amide bonds. The third-order valence-electron chi connectivity index (χ3n) is 5.52. The minimum atomic E-state index is -4.52. The SMILES string of the molecule is Cc1ncc(NC(=O)c2cccc(C(F)(F)F)c2)cc1-c1cnc(C)c(N2CCOCC2)c1. The molecule has 33 heavy (non-hydrogen) atoms. The third kappa shape index (κ3) is 5.14. The highest BCUT2D eigenvalue weighted by Gasteiger charge is 2.31. The molecule has 0 spiro atoms. The van der Waals surface area contributed by atoms with Crippen molar-refractivity contribution in [3.8, 4) is 11.1 Å². The summed E-state index contributed by atoms with van der Waals surface area (Å²) in [5, 5.41) is 2.65. The van der Waals surface area contributed by atoms with Crippen molar-refractivity contribution in [2.45, 2.75) is 20.0 Å². The van der Waals surface area contributed by atoms with E-state index in [1.165, 1.54) is 18.3 Å². The molecule has 4 rings (SSSR count). The molecule has 0 radical (unpaired) electrons. The number of carbonyl (C=O) groups excluding carboxylic acids is 1. The summed E-state index contributed by atoms with van der Waals surface area (Å²) in [5.74, 6) is -0.645. The van der Waals surface area contributed by atoms with Gasteiger partial charge in [-0.15, -0.1) is 0 Å². The molecule has 172 valence electrons. The Morgan fingerprint density at radius 3 is 2.48 bits per heavy atom. The van der Waals surface area contributed by atoms with Crippen molar-refractivity contribution in [3.63, 3.8) is 0 Å². The van der Waals surface area contributed by atoms with Gasteiger partial charge in [0.2, 0.25) is 0 Å². The number of hydrogen-bond acceptors (Lipinski definition) is 5. The Kier molecular flexibility index (Phi) is 6.33. The van der Waals surface area contributed by atoms with Gasteiger partial charge in [0.15, 0.2) is 0 Å². The van der Waals surface area contributed by atoms with E-state index in [0.29, 0.717) is 18.9 Å². The number of nitrogens with zero attached hydrogens (tertiary/aromatic N) is 3. The van der Waals surface area contributed by atoms with Crippen molar-refractivity contribution in [3.05, 3.63) is 71.3 Å². The van der Waals surface area contributed by atoms with E-state index in [0.717, 1.165) is 53.4 Å². The van der Waals surface area contributed by atoms with E-state index >= 15 is 0 Å². The Morgan fingerprint density at radius 1 is 1.03 bits per heavy atom. The molecule has 1 aliphatic rings. The first-order chi connectivity index (χ1) is 15.7. The molecule has 0 atom stereocenters. The Labute approximate surface area is 189 Å². The highest BCUT2D eigenvalue weighted by Crippen LogP contribution is 2.31. The first-order valence-electron chi connectivity index (χ1n) is 10.5. The van der Waals surface area contributed by atoms with Crippen molar-refractivity contribution in [1.82, 2.24) is 9.97 Å². The summed E-state index contributed by atoms with van der Waals surface area (Å²) in [7, 11) is 0. The van der Waals surface area contributed by atoms with Crippen LogP contribution >= 0.6 is 0 Å². The number of alkyl halides is 3. The van der Waals surface area contributed by atoms with Gasteiger partial charge in [-0.3, -0.25) is 14.8 Å². The highest BCUT2D eigenvalue weighted by molar-refractivity contribution is 6.04. The molecule has 1 N–H and O–H groups in total. The molecule has 0 saturated carbocycles. The second kappa shape index (κ2) is 9.19. The lowest BCUT2D eigenvalue weighted by Gasteiger charge is -2.30. The summed E-state index contributed by atoms with van der Waals surface area (Å²) in [6, 6.07) is 8.10. The molecule has 1 fully saturated rings. The number of morpholine rings is 1. The van der Waals surface area contributed by atoms with Crippen LogP contribution in [-0.2, 0) is 10.9 Å². The fraction of sp³-hybridized carbons (Fsp3) is 0.292. The zero-order valence-electron chi connectivity index (χ0n) is 18.2. The average molecular weight is 456 g/mol. The molecule has 3 aromatic rings. The van der Waals surface area contributed by atoms with Crippen molar-refractivity contribution in [1.29, 1.82) is 0 Å². The van der Waals surface area contributed by atoms with Crippen molar-refractivity contribution in [2.24, 2.45) is 0 Å². The van der Waals surface area contributed by atoms with Gasteiger partial charge in [-0.1, -0.05) is 6.07 Å². The molecule has 9 heteroatoms. The number of benzene rings is 1. The molecule has 0 bridgehead atoms. The van der Waals surface area contributed by atoms with Crippen LogP contribution in [0.3, 0.4) is 0 Å². The van der Waals surface area contributed by atoms with Gasteiger partial charge in [0.25, 0.3) is 5.91 Å². The number of nitrogens with one attached hydrogen (secondary N) is 1. The standard InChI is InChI=1S/C24H23F3N4O2/c1-15-21(18-11-22(16(2)28-13-18)31-6-8-33-9-7-31)12-20(14-29-15)30-23(32)17-4-3-5-19(10-17)24(25,26)27/h3-5,10-14H,6-9H2,1-2H3,(H,30,32). The summed E-state index contributed by atoms with van der Waals surface area (Å²) in [5.41, 5.74) is 3.69. The lowest BCUT2D eigenvalue weighted by molar-refractivity contribution is -0.137. The Balaban J connectivity index is 1.61. The summed E-state index contributed by atoms with van der Waals surface area (Å²) in [6.07, 6.45) is -1.29. The minimum absolute atomic E-state index is 0.0847. The number of ether oxygens (including phenoxy) is 1. The number of halogens is 3. The molecular formula is C24H23F3N4O2. The Morgan fingerprint density at radius 2 is 1.76 bits per heavy atom. The lowest BCUT2D eigenvalue weighted by atomic mass is 10.0. The lowest BCUT2D eigenvalue weighted by Crippen LogP contribution is -2.36. The number of hydrogen-bond donors (Lipinski definition) is 1. The van der Waals surface area contributed by atoms with Gasteiger partial charge >= 0.3 is 6.18 Å². The fourth-order valence-electron chi connectivity index (χ4n) is 3.73. The predicted molar refractivity (Wildman–Crippen MR) is 119 cm³/mol. The summed E-state index contributed by atoms with van der Waals surface area (Å²) < 4.78 is 44.4. The predicted octanol–water partition coefficient (Wildman–Crippen LogP) is 4.87. The van der Waals surface area contributed by atoms with Gasteiger partial charge in [-0.25, -0.2) is 0 Å². The van der Waals surface area contributed by atoms with Crippen LogP contribution < -0.4 is 10.2 Å². The maximum absolute atomic E-state index is 13.0. The molecule has 2 aromatic heterocycles. The van der Waals surface area contributed by atoms with Gasteiger partial charge in [0.1, 0.15) is 0 Å². The largest absolute Gasteiger partial charge is 0.416 e. The number of rotatable bonds is 4. The molecule has 3 heterocycles. The maximum Gasteiger partial charge on any atom is 0.416 e. The van der Waals surface area contributed by atoms with E-state index in [1.54, 1.807) is 12.3 Å². The smallest absolute Gasteiger partial charge is 0.378 e. The molecule has 1 saturated heterocycles. The molecular weight excluding hydrogens is 433 g/mol. The molecule has 0 aliphatic carbocycles. The maximum atomic E-state index is 13.0. The first kappa shape index (κ1) is 22.7. The number of anilines is 2. The van der Waals surface area contributed by atoms with Crippen LogP contribution in [0.4, 0.5) is 24.5 Å². The Bertz CT molecular complexity index is 1170. The first-order valence-corrected chi connectivity index (χ1v) is 10.5. The van der Waals surface area contributed by atoms with E-state index in [1.807, 2.05) is 19.9 Å². The number of aryl methyl sites for hydroxylation is 2. The summed E-state index contributed by atoms with van der Waals surface area (Å²) in [6.45, 7) is 6.66. The zero-order chi connectivity index (χ0) is 23.6. The van der Waals surface area contributed by atoms with E-state index < -0.39 is 17.6 Å². The average Bonchev–Trinajstić information content (AvgIpc) is 2.81. The zero-order valence-corrected chi connectivity index (χ0v) is 18.2. The second-order valence-corrected chi connectivity index (χ2v) is 7.82. The highest BCUT2D eigenvalue weighted by atomic mass is 19.4. The van der Waals surface area contributed by atoms with Crippen LogP contribution in [0.2, 0.25) is 0 Å². The Hall–Kier alpha value is -3.46. The van der Waals surface area contributed by atoms with E-state index in [4.69, 9.17) is 4.74 Å². The normalized spacial score (nSPS) is 14.3.